The number of hydrogen-bond donors (Lipinski definition) is 1. The summed E-state index contributed by atoms with van der Waals surface area (Å²) in [5.41, 5.74) is 8.33. The van der Waals surface area contributed by atoms with Crippen LogP contribution in [0, 0.1) is 6.92 Å². The molecule has 4 nitrogen and oxygen atoms in total. The van der Waals surface area contributed by atoms with Crippen molar-refractivity contribution < 1.29 is 0 Å². The van der Waals surface area contributed by atoms with Gasteiger partial charge in [0.25, 0.3) is 0 Å². The summed E-state index contributed by atoms with van der Waals surface area (Å²) in [6.07, 6.45) is 0.999. The Morgan fingerprint density at radius 2 is 2.00 bits per heavy atom. The molecule has 1 heterocycles. The molecule has 0 spiro atoms. The summed E-state index contributed by atoms with van der Waals surface area (Å²) in [5, 5.41) is 0. The van der Waals surface area contributed by atoms with E-state index in [9.17, 15) is 0 Å². The number of rotatable bonds is 1. The van der Waals surface area contributed by atoms with Crippen LogP contribution in [0.2, 0.25) is 0 Å². The Kier molecular flexibility index (Phi) is 1.89. The van der Waals surface area contributed by atoms with E-state index < -0.39 is 0 Å². The molecule has 1 aliphatic carbocycles. The van der Waals surface area contributed by atoms with Gasteiger partial charge in [0.15, 0.2) is 0 Å². The fourth-order valence-corrected chi connectivity index (χ4v) is 2.17. The van der Waals surface area contributed by atoms with Gasteiger partial charge in [-0.25, -0.2) is 4.98 Å². The minimum Gasteiger partial charge on any atom is -0.368 e. The fraction of sp³-hybridized carbons (Fsp3) is 0.250. The molecule has 2 aromatic rings. The summed E-state index contributed by atoms with van der Waals surface area (Å²) in [6.45, 7) is 1.84. The van der Waals surface area contributed by atoms with E-state index in [0.29, 0.717) is 17.7 Å². The number of nitrogens with two attached hydrogens (primary N) is 1. The predicted molar refractivity (Wildman–Crippen MR) is 61.0 cm³/mol. The first kappa shape index (κ1) is 9.27. The summed E-state index contributed by atoms with van der Waals surface area (Å²) in [5.74, 6) is 2.09. The van der Waals surface area contributed by atoms with Gasteiger partial charge in [-0.1, -0.05) is 24.3 Å². The molecule has 1 unspecified atom stereocenters. The molecular formula is C12H12N4. The molecule has 4 heteroatoms. The predicted octanol–water partition coefficient (Wildman–Crippen LogP) is 1.45. The topological polar surface area (TPSA) is 64.7 Å². The largest absolute Gasteiger partial charge is 0.368 e. The highest BCUT2D eigenvalue weighted by atomic mass is 15.1. The van der Waals surface area contributed by atoms with Crippen LogP contribution in [0.25, 0.3) is 0 Å². The molecule has 16 heavy (non-hydrogen) atoms. The van der Waals surface area contributed by atoms with Gasteiger partial charge < -0.3 is 5.73 Å². The number of nitrogen functional groups attached to an aromatic ring is 1. The Labute approximate surface area is 93.6 Å². The second kappa shape index (κ2) is 3.27. The Morgan fingerprint density at radius 3 is 2.75 bits per heavy atom. The number of aromatic nitrogens is 3. The zero-order valence-corrected chi connectivity index (χ0v) is 9.01. The molecule has 0 aliphatic heterocycles. The lowest BCUT2D eigenvalue weighted by molar-refractivity contribution is 0.651. The molecule has 0 saturated heterocycles. The number of benzene rings is 1. The van der Waals surface area contributed by atoms with Gasteiger partial charge in [-0.3, -0.25) is 0 Å². The number of aryl methyl sites for hydroxylation is 1. The zero-order chi connectivity index (χ0) is 11.1. The van der Waals surface area contributed by atoms with Crippen molar-refractivity contribution in [3.8, 4) is 0 Å². The van der Waals surface area contributed by atoms with Gasteiger partial charge in [-0.15, -0.1) is 0 Å². The van der Waals surface area contributed by atoms with Crippen molar-refractivity contribution in [1.29, 1.82) is 0 Å². The van der Waals surface area contributed by atoms with Gasteiger partial charge in [-0.05, 0) is 24.5 Å². The third-order valence-corrected chi connectivity index (χ3v) is 2.95. The third kappa shape index (κ3) is 1.34. The maximum Gasteiger partial charge on any atom is 0.223 e. The fourth-order valence-electron chi connectivity index (χ4n) is 2.17. The summed E-state index contributed by atoms with van der Waals surface area (Å²) in [7, 11) is 0. The minimum atomic E-state index is 0.292. The van der Waals surface area contributed by atoms with Crippen molar-refractivity contribution in [3.05, 3.63) is 47.0 Å². The minimum absolute atomic E-state index is 0.292. The van der Waals surface area contributed by atoms with E-state index in [4.69, 9.17) is 5.73 Å². The summed E-state index contributed by atoms with van der Waals surface area (Å²) >= 11 is 0. The molecule has 1 aliphatic rings. The van der Waals surface area contributed by atoms with Gasteiger partial charge in [0.1, 0.15) is 11.6 Å². The summed E-state index contributed by atoms with van der Waals surface area (Å²) in [4.78, 5) is 12.5. The number of anilines is 1. The summed E-state index contributed by atoms with van der Waals surface area (Å²) in [6, 6.07) is 8.37. The number of fused-ring (bicyclic) bond motifs is 1. The third-order valence-electron chi connectivity index (χ3n) is 2.95. The van der Waals surface area contributed by atoms with Crippen molar-refractivity contribution in [3.63, 3.8) is 0 Å². The molecular weight excluding hydrogens is 200 g/mol. The molecule has 0 amide bonds. The number of nitrogens with zero attached hydrogens (tertiary/aromatic N) is 3. The monoisotopic (exact) mass is 212 g/mol. The standard InChI is InChI=1S/C12H12N4/c1-7-14-11(16-12(13)15-7)10-6-8-4-2-3-5-9(8)10/h2-5,10H,6H2,1H3,(H2,13,14,15,16). The van der Waals surface area contributed by atoms with Gasteiger partial charge in [0, 0.05) is 5.92 Å². The highest BCUT2D eigenvalue weighted by Gasteiger charge is 2.29. The Bertz CT molecular complexity index is 530. The average molecular weight is 212 g/mol. The maximum atomic E-state index is 5.63. The molecule has 2 N–H and O–H groups in total. The number of hydrogen-bond acceptors (Lipinski definition) is 4. The van der Waals surface area contributed by atoms with Crippen molar-refractivity contribution in [2.75, 3.05) is 5.73 Å². The highest BCUT2D eigenvalue weighted by Crippen LogP contribution is 2.38. The lowest BCUT2D eigenvalue weighted by Gasteiger charge is -2.28. The van der Waals surface area contributed by atoms with Gasteiger partial charge in [-0.2, -0.15) is 9.97 Å². The molecule has 0 radical (unpaired) electrons. The van der Waals surface area contributed by atoms with Crippen molar-refractivity contribution in [2.24, 2.45) is 0 Å². The van der Waals surface area contributed by atoms with E-state index in [-0.39, 0.29) is 0 Å². The SMILES string of the molecule is Cc1nc(N)nc(C2Cc3ccccc32)n1. The van der Waals surface area contributed by atoms with Crippen molar-refractivity contribution >= 4 is 5.95 Å². The molecule has 0 bridgehead atoms. The Morgan fingerprint density at radius 1 is 1.19 bits per heavy atom. The van der Waals surface area contributed by atoms with E-state index in [1.54, 1.807) is 0 Å². The van der Waals surface area contributed by atoms with E-state index in [2.05, 4.69) is 33.2 Å². The van der Waals surface area contributed by atoms with Crippen LogP contribution in [0.4, 0.5) is 5.95 Å². The van der Waals surface area contributed by atoms with Gasteiger partial charge in [0.2, 0.25) is 5.95 Å². The molecule has 0 saturated carbocycles. The first-order chi connectivity index (χ1) is 7.74. The summed E-state index contributed by atoms with van der Waals surface area (Å²) < 4.78 is 0. The van der Waals surface area contributed by atoms with Gasteiger partial charge >= 0.3 is 0 Å². The van der Waals surface area contributed by atoms with Crippen LogP contribution in [0.15, 0.2) is 24.3 Å². The maximum absolute atomic E-state index is 5.63. The normalized spacial score (nSPS) is 17.7. The van der Waals surface area contributed by atoms with Gasteiger partial charge in [0.05, 0.1) is 0 Å². The second-order valence-corrected chi connectivity index (χ2v) is 4.05. The van der Waals surface area contributed by atoms with E-state index in [1.807, 2.05) is 13.0 Å². The molecule has 80 valence electrons. The molecule has 1 atom stereocenters. The molecule has 1 aromatic carbocycles. The lowest BCUT2D eigenvalue weighted by Crippen LogP contribution is -2.21. The highest BCUT2D eigenvalue weighted by molar-refractivity contribution is 5.44. The molecule has 0 fully saturated rings. The average Bonchev–Trinajstić information content (AvgIpc) is 2.18. The van der Waals surface area contributed by atoms with Crippen LogP contribution in [0.1, 0.15) is 28.7 Å². The van der Waals surface area contributed by atoms with E-state index in [1.165, 1.54) is 11.1 Å². The molecule has 3 rings (SSSR count). The second-order valence-electron chi connectivity index (χ2n) is 4.05. The quantitative estimate of drug-likeness (QED) is 0.777. The van der Waals surface area contributed by atoms with Crippen LogP contribution < -0.4 is 5.73 Å². The lowest BCUT2D eigenvalue weighted by atomic mass is 9.77. The van der Waals surface area contributed by atoms with E-state index >= 15 is 0 Å². The van der Waals surface area contributed by atoms with E-state index in [0.717, 1.165) is 12.2 Å². The van der Waals surface area contributed by atoms with Crippen LogP contribution >= 0.6 is 0 Å². The first-order valence-corrected chi connectivity index (χ1v) is 5.30. The Balaban J connectivity index is 2.02. The van der Waals surface area contributed by atoms with Crippen molar-refractivity contribution in [2.45, 2.75) is 19.3 Å². The zero-order valence-electron chi connectivity index (χ0n) is 9.01. The smallest absolute Gasteiger partial charge is 0.223 e. The van der Waals surface area contributed by atoms with Crippen LogP contribution in [0.3, 0.4) is 0 Å². The van der Waals surface area contributed by atoms with Crippen LogP contribution in [-0.2, 0) is 6.42 Å². The van der Waals surface area contributed by atoms with Crippen LogP contribution in [0.5, 0.6) is 0 Å². The Hall–Kier alpha value is -1.97. The van der Waals surface area contributed by atoms with Crippen LogP contribution in [-0.4, -0.2) is 15.0 Å². The molecule has 1 aromatic heterocycles. The first-order valence-electron chi connectivity index (χ1n) is 5.30. The van der Waals surface area contributed by atoms with Crippen molar-refractivity contribution in [1.82, 2.24) is 15.0 Å².